The fourth-order valence-corrected chi connectivity index (χ4v) is 2.99. The lowest BCUT2D eigenvalue weighted by Gasteiger charge is -2.33. The average Bonchev–Trinajstić information content (AvgIpc) is 2.63. The number of piperidine rings is 1. The summed E-state index contributed by atoms with van der Waals surface area (Å²) in [7, 11) is 0. The first-order valence-electron chi connectivity index (χ1n) is 8.37. The van der Waals surface area contributed by atoms with Gasteiger partial charge in [-0.25, -0.2) is 0 Å². The molecule has 0 bridgehead atoms. The van der Waals surface area contributed by atoms with Gasteiger partial charge in [0.1, 0.15) is 11.9 Å². The van der Waals surface area contributed by atoms with Crippen LogP contribution in [0.15, 0.2) is 54.9 Å². The van der Waals surface area contributed by atoms with Crippen LogP contribution in [0.5, 0.6) is 5.75 Å². The van der Waals surface area contributed by atoms with E-state index in [1.165, 1.54) is 0 Å². The van der Waals surface area contributed by atoms with E-state index in [1.807, 2.05) is 47.4 Å². The van der Waals surface area contributed by atoms with Gasteiger partial charge >= 0.3 is 0 Å². The van der Waals surface area contributed by atoms with Crippen LogP contribution < -0.4 is 10.5 Å². The van der Waals surface area contributed by atoms with Gasteiger partial charge in [0, 0.05) is 32.1 Å². The Balaban J connectivity index is 0.00000169. The largest absolute Gasteiger partial charge is 0.489 e. The summed E-state index contributed by atoms with van der Waals surface area (Å²) in [6, 6.07) is 13.2. The number of rotatable bonds is 5. The maximum atomic E-state index is 12.5. The fraction of sp³-hybridized carbons (Fsp3) is 0.368. The third-order valence-electron chi connectivity index (χ3n) is 4.31. The maximum absolute atomic E-state index is 12.5. The molecule has 0 aliphatic carbocycles. The Hall–Kier alpha value is -1.82. The van der Waals surface area contributed by atoms with E-state index >= 15 is 0 Å². The molecule has 0 unspecified atom stereocenters. The van der Waals surface area contributed by atoms with Crippen molar-refractivity contribution in [3.8, 4) is 5.75 Å². The van der Waals surface area contributed by atoms with E-state index < -0.39 is 6.04 Å². The van der Waals surface area contributed by atoms with Crippen LogP contribution >= 0.6 is 24.8 Å². The summed E-state index contributed by atoms with van der Waals surface area (Å²) >= 11 is 0. The number of likely N-dealkylation sites (tertiary alicyclic amines) is 1. The first-order chi connectivity index (χ1) is 11.7. The van der Waals surface area contributed by atoms with Gasteiger partial charge in [0.15, 0.2) is 0 Å². The highest BCUT2D eigenvalue weighted by molar-refractivity contribution is 5.85. The van der Waals surface area contributed by atoms with E-state index in [0.29, 0.717) is 19.5 Å². The lowest BCUT2D eigenvalue weighted by Crippen LogP contribution is -2.49. The minimum Gasteiger partial charge on any atom is -0.489 e. The van der Waals surface area contributed by atoms with Crippen LogP contribution in [-0.4, -0.2) is 41.0 Å². The number of hydrogen-bond donors (Lipinski definition) is 1. The number of aromatic nitrogens is 1. The van der Waals surface area contributed by atoms with Gasteiger partial charge in [0.25, 0.3) is 0 Å². The Morgan fingerprint density at radius 1 is 1.15 bits per heavy atom. The van der Waals surface area contributed by atoms with Crippen molar-refractivity contribution in [2.45, 2.75) is 31.4 Å². The van der Waals surface area contributed by atoms with Crippen LogP contribution in [0.25, 0.3) is 0 Å². The molecule has 2 heterocycles. The molecule has 26 heavy (non-hydrogen) atoms. The zero-order chi connectivity index (χ0) is 16.8. The van der Waals surface area contributed by atoms with Gasteiger partial charge in [-0.1, -0.05) is 30.3 Å². The van der Waals surface area contributed by atoms with Crippen molar-refractivity contribution in [1.82, 2.24) is 9.88 Å². The van der Waals surface area contributed by atoms with Crippen molar-refractivity contribution in [3.05, 3.63) is 60.4 Å². The van der Waals surface area contributed by atoms with Crippen molar-refractivity contribution in [2.75, 3.05) is 13.1 Å². The number of hydrogen-bond acceptors (Lipinski definition) is 4. The van der Waals surface area contributed by atoms with E-state index in [4.69, 9.17) is 10.5 Å². The molecule has 3 rings (SSSR count). The molecule has 0 spiro atoms. The van der Waals surface area contributed by atoms with Crippen molar-refractivity contribution < 1.29 is 9.53 Å². The number of ether oxygens (including phenoxy) is 1. The van der Waals surface area contributed by atoms with Crippen LogP contribution in [-0.2, 0) is 11.2 Å². The number of nitrogens with zero attached hydrogens (tertiary/aromatic N) is 2. The lowest BCUT2D eigenvalue weighted by molar-refractivity contribution is -0.134. The summed E-state index contributed by atoms with van der Waals surface area (Å²) in [6.45, 7) is 1.37. The summed E-state index contributed by atoms with van der Waals surface area (Å²) in [5.41, 5.74) is 7.20. The first-order valence-corrected chi connectivity index (χ1v) is 8.37. The highest BCUT2D eigenvalue weighted by Gasteiger charge is 2.27. The van der Waals surface area contributed by atoms with Gasteiger partial charge < -0.3 is 15.4 Å². The smallest absolute Gasteiger partial charge is 0.239 e. The second-order valence-electron chi connectivity index (χ2n) is 6.13. The number of nitrogens with two attached hydrogens (primary N) is 1. The molecule has 1 fully saturated rings. The molecule has 5 nitrogen and oxygen atoms in total. The molecule has 1 amide bonds. The van der Waals surface area contributed by atoms with Gasteiger partial charge in [0.05, 0.1) is 12.2 Å². The van der Waals surface area contributed by atoms with Crippen molar-refractivity contribution in [3.63, 3.8) is 0 Å². The van der Waals surface area contributed by atoms with Crippen LogP contribution in [0.1, 0.15) is 18.4 Å². The van der Waals surface area contributed by atoms with E-state index in [0.717, 1.165) is 24.2 Å². The summed E-state index contributed by atoms with van der Waals surface area (Å²) in [4.78, 5) is 18.4. The number of carbonyl (C=O) groups is 1. The van der Waals surface area contributed by atoms with Crippen LogP contribution in [0.4, 0.5) is 0 Å². The topological polar surface area (TPSA) is 68.5 Å². The quantitative estimate of drug-likeness (QED) is 0.841. The Morgan fingerprint density at radius 2 is 1.85 bits per heavy atom. The van der Waals surface area contributed by atoms with Crippen molar-refractivity contribution in [1.29, 1.82) is 0 Å². The predicted molar refractivity (Wildman–Crippen MR) is 107 cm³/mol. The zero-order valence-electron chi connectivity index (χ0n) is 14.5. The Kier molecular flexibility index (Phi) is 9.41. The molecule has 1 atom stereocenters. The molecule has 1 aliphatic rings. The van der Waals surface area contributed by atoms with Gasteiger partial charge in [0.2, 0.25) is 5.91 Å². The van der Waals surface area contributed by atoms with Crippen LogP contribution in [0.3, 0.4) is 0 Å². The molecule has 1 aliphatic heterocycles. The molecular formula is C19H25Cl2N3O2. The maximum Gasteiger partial charge on any atom is 0.239 e. The normalized spacial score (nSPS) is 15.3. The molecule has 7 heteroatoms. The number of pyridine rings is 1. The highest BCUT2D eigenvalue weighted by Crippen LogP contribution is 2.18. The van der Waals surface area contributed by atoms with Gasteiger partial charge in [-0.3, -0.25) is 9.78 Å². The van der Waals surface area contributed by atoms with Gasteiger partial charge in [-0.2, -0.15) is 0 Å². The molecule has 1 saturated heterocycles. The van der Waals surface area contributed by atoms with Gasteiger partial charge in [-0.05, 0) is 24.1 Å². The number of halogens is 2. The first kappa shape index (κ1) is 22.2. The number of carbonyl (C=O) groups excluding carboxylic acids is 1. The molecule has 1 aromatic heterocycles. The fourth-order valence-electron chi connectivity index (χ4n) is 2.99. The van der Waals surface area contributed by atoms with E-state index in [-0.39, 0.29) is 36.8 Å². The second kappa shape index (κ2) is 11.0. The molecule has 0 saturated carbocycles. The zero-order valence-corrected chi connectivity index (χ0v) is 16.1. The lowest BCUT2D eigenvalue weighted by atomic mass is 10.0. The predicted octanol–water partition coefficient (Wildman–Crippen LogP) is 2.87. The monoisotopic (exact) mass is 397 g/mol. The summed E-state index contributed by atoms with van der Waals surface area (Å²) in [5.74, 6) is 0.807. The Bertz CT molecular complexity index is 650. The number of amides is 1. The number of benzene rings is 1. The standard InChI is InChI=1S/C19H23N3O2.2ClH/c20-18(13-15-5-2-1-3-6-15)19(23)22-11-8-16(9-12-22)24-17-7-4-10-21-14-17;;/h1-7,10,14,16,18H,8-9,11-13,20H2;2*1H/t18-;;/m0../s1. The van der Waals surface area contributed by atoms with E-state index in [9.17, 15) is 4.79 Å². The summed E-state index contributed by atoms with van der Waals surface area (Å²) in [6.07, 6.45) is 5.78. The van der Waals surface area contributed by atoms with E-state index in [2.05, 4.69) is 4.98 Å². The Labute approximate surface area is 166 Å². The molecule has 2 aromatic rings. The summed E-state index contributed by atoms with van der Waals surface area (Å²) in [5, 5.41) is 0. The SMILES string of the molecule is Cl.Cl.N[C@@H](Cc1ccccc1)C(=O)N1CCC(Oc2cccnc2)CC1. The summed E-state index contributed by atoms with van der Waals surface area (Å²) < 4.78 is 5.91. The molecule has 0 radical (unpaired) electrons. The Morgan fingerprint density at radius 3 is 2.46 bits per heavy atom. The molecule has 2 N–H and O–H groups in total. The van der Waals surface area contributed by atoms with Crippen LogP contribution in [0, 0.1) is 0 Å². The third kappa shape index (κ3) is 6.16. The molecule has 1 aromatic carbocycles. The highest BCUT2D eigenvalue weighted by atomic mass is 35.5. The van der Waals surface area contributed by atoms with Crippen molar-refractivity contribution in [2.24, 2.45) is 5.73 Å². The minimum atomic E-state index is -0.483. The molecular weight excluding hydrogens is 373 g/mol. The second-order valence-corrected chi connectivity index (χ2v) is 6.13. The third-order valence-corrected chi connectivity index (χ3v) is 4.31. The van der Waals surface area contributed by atoms with Gasteiger partial charge in [-0.15, -0.1) is 24.8 Å². The van der Waals surface area contributed by atoms with E-state index in [1.54, 1.807) is 12.4 Å². The molecule has 142 valence electrons. The van der Waals surface area contributed by atoms with Crippen LogP contribution in [0.2, 0.25) is 0 Å². The van der Waals surface area contributed by atoms with Crippen molar-refractivity contribution >= 4 is 30.7 Å². The minimum absolute atomic E-state index is 0. The average molecular weight is 398 g/mol.